The summed E-state index contributed by atoms with van der Waals surface area (Å²) in [6.07, 6.45) is -2.84. The highest BCUT2D eigenvalue weighted by atomic mass is 35.5. The molecule has 0 atom stereocenters. The summed E-state index contributed by atoms with van der Waals surface area (Å²) in [6.45, 7) is 1.68. The molecule has 0 radical (unpaired) electrons. The highest BCUT2D eigenvalue weighted by Crippen LogP contribution is 2.37. The Balaban J connectivity index is 2.39. The number of nitrogens with one attached hydrogen (secondary N) is 1. The Morgan fingerprint density at radius 1 is 1.32 bits per heavy atom. The average molecular weight is 352 g/mol. The number of carbonyl (C=O) groups is 1. The second-order valence-electron chi connectivity index (χ2n) is 4.33. The van der Waals surface area contributed by atoms with Crippen molar-refractivity contribution in [1.29, 1.82) is 0 Å². The number of nitrogens with zero attached hydrogens (tertiary/aromatic N) is 2. The maximum Gasteiger partial charge on any atom is 0.416 e. The van der Waals surface area contributed by atoms with Gasteiger partial charge in [-0.25, -0.2) is 4.68 Å². The zero-order valence-corrected chi connectivity index (χ0v) is 12.7. The summed E-state index contributed by atoms with van der Waals surface area (Å²) in [5, 5.41) is 6.14. The van der Waals surface area contributed by atoms with Gasteiger partial charge in [-0.1, -0.05) is 30.1 Å². The van der Waals surface area contributed by atoms with E-state index >= 15 is 0 Å². The van der Waals surface area contributed by atoms with E-state index in [9.17, 15) is 18.0 Å². The van der Waals surface area contributed by atoms with E-state index < -0.39 is 11.7 Å². The third kappa shape index (κ3) is 3.53. The molecule has 4 nitrogen and oxygen atoms in total. The van der Waals surface area contributed by atoms with E-state index in [-0.39, 0.29) is 33.9 Å². The van der Waals surface area contributed by atoms with Crippen LogP contribution in [0.5, 0.6) is 0 Å². The smallest absolute Gasteiger partial charge is 0.309 e. The number of hydrogen-bond acceptors (Lipinski definition) is 2. The standard InChI is InChI=1S/C13H10Cl2F3N3O/c1-2-11(22)19-10-3-4-21(20-10)12-8(14)5-7(6-9(12)15)13(16,17)18/h3-6H,2H2,1H3,(H,19,20,22). The molecule has 0 aliphatic rings. The Labute approximate surface area is 133 Å². The first-order valence-corrected chi connectivity index (χ1v) is 6.90. The summed E-state index contributed by atoms with van der Waals surface area (Å²) < 4.78 is 39.2. The van der Waals surface area contributed by atoms with Gasteiger partial charge in [0.2, 0.25) is 5.91 Å². The highest BCUT2D eigenvalue weighted by molar-refractivity contribution is 6.37. The van der Waals surface area contributed by atoms with Crippen LogP contribution in [0.25, 0.3) is 5.69 Å². The lowest BCUT2D eigenvalue weighted by molar-refractivity contribution is -0.137. The number of halogens is 5. The molecule has 1 aromatic carbocycles. The van der Waals surface area contributed by atoms with Crippen LogP contribution in [0.4, 0.5) is 19.0 Å². The topological polar surface area (TPSA) is 46.9 Å². The van der Waals surface area contributed by atoms with Gasteiger partial charge < -0.3 is 5.32 Å². The number of carbonyl (C=O) groups excluding carboxylic acids is 1. The van der Waals surface area contributed by atoms with E-state index in [0.29, 0.717) is 0 Å². The van der Waals surface area contributed by atoms with Crippen LogP contribution in [0.3, 0.4) is 0 Å². The van der Waals surface area contributed by atoms with Crippen molar-refractivity contribution < 1.29 is 18.0 Å². The normalized spacial score (nSPS) is 11.5. The molecule has 1 amide bonds. The van der Waals surface area contributed by atoms with Crippen LogP contribution in [0, 0.1) is 0 Å². The highest BCUT2D eigenvalue weighted by Gasteiger charge is 2.32. The number of aromatic nitrogens is 2. The van der Waals surface area contributed by atoms with Gasteiger partial charge in [-0.05, 0) is 12.1 Å². The summed E-state index contributed by atoms with van der Waals surface area (Å²) in [5.41, 5.74) is -0.841. The first kappa shape index (κ1) is 16.6. The molecular formula is C13H10Cl2F3N3O. The first-order valence-electron chi connectivity index (χ1n) is 6.14. The fraction of sp³-hybridized carbons (Fsp3) is 0.231. The first-order chi connectivity index (χ1) is 10.2. The number of alkyl halides is 3. The molecule has 118 valence electrons. The van der Waals surface area contributed by atoms with Crippen LogP contribution in [0.2, 0.25) is 10.0 Å². The monoisotopic (exact) mass is 351 g/mol. The summed E-state index contributed by atoms with van der Waals surface area (Å²) in [5.74, 6) is 0.00810. The van der Waals surface area contributed by atoms with Crippen molar-refractivity contribution in [2.24, 2.45) is 0 Å². The molecule has 0 aliphatic carbocycles. The van der Waals surface area contributed by atoms with Crippen LogP contribution in [-0.4, -0.2) is 15.7 Å². The molecule has 0 spiro atoms. The predicted molar refractivity (Wildman–Crippen MR) is 77.5 cm³/mol. The lowest BCUT2D eigenvalue weighted by Gasteiger charge is -2.12. The lowest BCUT2D eigenvalue weighted by atomic mass is 10.2. The third-order valence-corrected chi connectivity index (χ3v) is 3.33. The van der Waals surface area contributed by atoms with Crippen LogP contribution in [0.1, 0.15) is 18.9 Å². The van der Waals surface area contributed by atoms with Gasteiger partial charge in [0.05, 0.1) is 15.6 Å². The summed E-state index contributed by atoms with van der Waals surface area (Å²) >= 11 is 11.8. The zero-order valence-electron chi connectivity index (χ0n) is 11.2. The molecule has 22 heavy (non-hydrogen) atoms. The van der Waals surface area contributed by atoms with Crippen molar-refractivity contribution >= 4 is 34.9 Å². The number of benzene rings is 1. The molecule has 2 rings (SSSR count). The van der Waals surface area contributed by atoms with Gasteiger partial charge in [-0.15, -0.1) is 5.10 Å². The molecule has 0 unspecified atom stereocenters. The van der Waals surface area contributed by atoms with Crippen molar-refractivity contribution in [2.75, 3.05) is 5.32 Å². The molecule has 0 saturated carbocycles. The van der Waals surface area contributed by atoms with Crippen LogP contribution in [-0.2, 0) is 11.0 Å². The second-order valence-corrected chi connectivity index (χ2v) is 5.15. The van der Waals surface area contributed by atoms with Gasteiger partial charge >= 0.3 is 6.18 Å². The Morgan fingerprint density at radius 2 is 1.91 bits per heavy atom. The average Bonchev–Trinajstić information content (AvgIpc) is 2.84. The lowest BCUT2D eigenvalue weighted by Crippen LogP contribution is -2.10. The summed E-state index contributed by atoms with van der Waals surface area (Å²) in [6, 6.07) is 3.03. The second kappa shape index (κ2) is 6.18. The largest absolute Gasteiger partial charge is 0.416 e. The van der Waals surface area contributed by atoms with E-state index in [0.717, 1.165) is 12.1 Å². The summed E-state index contributed by atoms with van der Waals surface area (Å²) in [4.78, 5) is 11.3. The maximum absolute atomic E-state index is 12.7. The van der Waals surface area contributed by atoms with E-state index in [1.807, 2.05) is 0 Å². The Morgan fingerprint density at radius 3 is 2.41 bits per heavy atom. The van der Waals surface area contributed by atoms with Gasteiger partial charge in [-0.2, -0.15) is 13.2 Å². The molecule has 0 aliphatic heterocycles. The van der Waals surface area contributed by atoms with Crippen LogP contribution in [0.15, 0.2) is 24.4 Å². The Hall–Kier alpha value is -1.73. The number of rotatable bonds is 3. The Kier molecular flexibility index (Phi) is 4.67. The van der Waals surface area contributed by atoms with Gasteiger partial charge in [0.1, 0.15) is 5.69 Å². The molecule has 2 aromatic rings. The van der Waals surface area contributed by atoms with E-state index in [1.165, 1.54) is 16.9 Å². The minimum absolute atomic E-state index is 0.105. The zero-order chi connectivity index (χ0) is 16.5. The van der Waals surface area contributed by atoms with Crippen LogP contribution >= 0.6 is 23.2 Å². The Bertz CT molecular complexity index is 690. The predicted octanol–water partition coefficient (Wildman–Crippen LogP) is 4.55. The minimum atomic E-state index is -4.55. The van der Waals surface area contributed by atoms with Gasteiger partial charge in [0, 0.05) is 18.7 Å². The molecule has 0 saturated heterocycles. The third-order valence-electron chi connectivity index (χ3n) is 2.75. The van der Waals surface area contributed by atoms with Crippen molar-refractivity contribution in [2.45, 2.75) is 19.5 Å². The van der Waals surface area contributed by atoms with Crippen molar-refractivity contribution in [3.8, 4) is 5.69 Å². The number of hydrogen-bond donors (Lipinski definition) is 1. The van der Waals surface area contributed by atoms with Crippen molar-refractivity contribution in [1.82, 2.24) is 9.78 Å². The fourth-order valence-electron chi connectivity index (χ4n) is 1.69. The van der Waals surface area contributed by atoms with E-state index in [4.69, 9.17) is 23.2 Å². The van der Waals surface area contributed by atoms with Gasteiger partial charge in [-0.3, -0.25) is 4.79 Å². The SMILES string of the molecule is CCC(=O)Nc1ccn(-c2c(Cl)cc(C(F)(F)F)cc2Cl)n1. The van der Waals surface area contributed by atoms with Crippen molar-refractivity contribution in [3.63, 3.8) is 0 Å². The molecule has 0 fully saturated rings. The minimum Gasteiger partial charge on any atom is -0.309 e. The molecular weight excluding hydrogens is 342 g/mol. The van der Waals surface area contributed by atoms with Crippen LogP contribution < -0.4 is 5.32 Å². The summed E-state index contributed by atoms with van der Waals surface area (Å²) in [7, 11) is 0. The van der Waals surface area contributed by atoms with Crippen molar-refractivity contribution in [3.05, 3.63) is 40.0 Å². The van der Waals surface area contributed by atoms with E-state index in [2.05, 4.69) is 10.4 Å². The number of anilines is 1. The molecule has 0 bridgehead atoms. The quantitative estimate of drug-likeness (QED) is 0.881. The van der Waals surface area contributed by atoms with E-state index in [1.54, 1.807) is 6.92 Å². The van der Waals surface area contributed by atoms with Gasteiger partial charge in [0.25, 0.3) is 0 Å². The van der Waals surface area contributed by atoms with Gasteiger partial charge in [0.15, 0.2) is 5.82 Å². The number of amides is 1. The molecule has 1 heterocycles. The maximum atomic E-state index is 12.7. The molecule has 9 heteroatoms. The fourth-order valence-corrected chi connectivity index (χ4v) is 2.35. The molecule has 1 N–H and O–H groups in total. The molecule has 1 aromatic heterocycles.